The van der Waals surface area contributed by atoms with Gasteiger partial charge in [0.2, 0.25) is 0 Å². The second-order valence-electron chi connectivity index (χ2n) is 7.48. The summed E-state index contributed by atoms with van der Waals surface area (Å²) in [5.74, 6) is 0.0953. The van der Waals surface area contributed by atoms with Crippen LogP contribution in [0.15, 0.2) is 24.4 Å². The third-order valence-electron chi connectivity index (χ3n) is 4.44. The summed E-state index contributed by atoms with van der Waals surface area (Å²) >= 11 is 0. The van der Waals surface area contributed by atoms with Crippen LogP contribution >= 0.6 is 0 Å². The highest BCUT2D eigenvalue weighted by Crippen LogP contribution is 2.29. The van der Waals surface area contributed by atoms with Gasteiger partial charge in [-0.25, -0.2) is 3.97 Å². The number of carbonyl (C=O) groups is 1. The van der Waals surface area contributed by atoms with E-state index >= 15 is 0 Å². The number of hydrogen-bond acceptors (Lipinski definition) is 7. The van der Waals surface area contributed by atoms with Crippen LogP contribution in [0.4, 0.5) is 0 Å². The fourth-order valence-corrected chi connectivity index (χ4v) is 3.93. The predicted octanol–water partition coefficient (Wildman–Crippen LogP) is 2.06. The molecule has 2 aromatic rings. The van der Waals surface area contributed by atoms with Crippen LogP contribution in [0.2, 0.25) is 0 Å². The number of nitrogens with zero attached hydrogens (tertiary/aromatic N) is 2. The van der Waals surface area contributed by atoms with Gasteiger partial charge in [-0.15, -0.1) is 0 Å². The van der Waals surface area contributed by atoms with Crippen molar-refractivity contribution in [1.82, 2.24) is 8.87 Å². The fraction of sp³-hybridized carbons (Fsp3) is 0.526. The molecule has 0 bridgehead atoms. The Morgan fingerprint density at radius 2 is 1.89 bits per heavy atom. The van der Waals surface area contributed by atoms with Crippen molar-refractivity contribution in [2.45, 2.75) is 20.3 Å². The van der Waals surface area contributed by atoms with E-state index in [1.165, 1.54) is 7.11 Å². The Bertz CT molecular complexity index is 947. The molecular formula is C19H28N2O6S. The smallest absolute Gasteiger partial charge is 0.366 e. The molecule has 9 heteroatoms. The van der Waals surface area contributed by atoms with Crippen LogP contribution in [0.3, 0.4) is 0 Å². The van der Waals surface area contributed by atoms with Gasteiger partial charge in [0, 0.05) is 18.1 Å². The van der Waals surface area contributed by atoms with E-state index in [0.717, 1.165) is 21.5 Å². The lowest BCUT2D eigenvalue weighted by molar-refractivity contribution is -0.152. The molecule has 0 saturated carbocycles. The predicted molar refractivity (Wildman–Crippen MR) is 107 cm³/mol. The maximum absolute atomic E-state index is 12.9. The number of rotatable bonds is 9. The Balaban J connectivity index is 2.43. The molecule has 1 heterocycles. The minimum Gasteiger partial charge on any atom is -0.497 e. The van der Waals surface area contributed by atoms with Crippen molar-refractivity contribution in [1.29, 1.82) is 0 Å². The molecule has 0 aliphatic heterocycles. The first-order chi connectivity index (χ1) is 13.0. The minimum atomic E-state index is -4.14. The zero-order valence-electron chi connectivity index (χ0n) is 17.2. The number of esters is 1. The summed E-state index contributed by atoms with van der Waals surface area (Å²) in [5, 5.41) is 0.778. The number of benzene rings is 1. The molecule has 0 saturated heterocycles. The third kappa shape index (κ3) is 4.84. The summed E-state index contributed by atoms with van der Waals surface area (Å²) in [4.78, 5) is 13.8. The number of methoxy groups -OCH3 is 2. The largest absolute Gasteiger partial charge is 0.497 e. The number of carbonyl (C=O) groups excluding carboxylic acids is 1. The van der Waals surface area contributed by atoms with E-state index in [0.29, 0.717) is 17.7 Å². The van der Waals surface area contributed by atoms with E-state index < -0.39 is 21.7 Å². The summed E-state index contributed by atoms with van der Waals surface area (Å²) in [7, 11) is 2.58. The first-order valence-electron chi connectivity index (χ1n) is 8.83. The minimum absolute atomic E-state index is 0.329. The summed E-state index contributed by atoms with van der Waals surface area (Å²) in [6, 6.07) is 5.19. The number of ether oxygens (including phenoxy) is 2. The molecule has 0 aliphatic carbocycles. The van der Waals surface area contributed by atoms with Crippen LogP contribution in [-0.4, -0.2) is 64.7 Å². The molecule has 156 valence electrons. The lowest BCUT2D eigenvalue weighted by atomic mass is 9.95. The lowest BCUT2D eigenvalue weighted by Crippen LogP contribution is -2.33. The van der Waals surface area contributed by atoms with E-state index in [2.05, 4.69) is 0 Å². The quantitative estimate of drug-likeness (QED) is 0.583. The van der Waals surface area contributed by atoms with Crippen molar-refractivity contribution >= 4 is 27.2 Å². The maximum atomic E-state index is 12.9. The van der Waals surface area contributed by atoms with Crippen molar-refractivity contribution in [2.75, 3.05) is 41.5 Å². The average molecular weight is 413 g/mol. The van der Waals surface area contributed by atoms with Crippen molar-refractivity contribution in [2.24, 2.45) is 5.41 Å². The van der Waals surface area contributed by atoms with Crippen LogP contribution in [-0.2, 0) is 30.4 Å². The second-order valence-corrected chi connectivity index (χ2v) is 8.97. The van der Waals surface area contributed by atoms with E-state index in [9.17, 15) is 13.2 Å². The van der Waals surface area contributed by atoms with Crippen LogP contribution in [0.5, 0.6) is 5.75 Å². The SMILES string of the molecule is COC(=O)C(C)(C)COS(=O)(=O)n1cc(CCN(C)C)c2cc(OC)ccc21. The molecule has 0 amide bonds. The molecule has 1 aromatic heterocycles. The number of aromatic nitrogens is 1. The molecule has 0 atom stereocenters. The first-order valence-corrected chi connectivity index (χ1v) is 10.2. The Morgan fingerprint density at radius 3 is 2.46 bits per heavy atom. The van der Waals surface area contributed by atoms with Crippen LogP contribution < -0.4 is 4.74 Å². The molecule has 0 N–H and O–H groups in total. The zero-order chi connectivity index (χ0) is 21.1. The van der Waals surface area contributed by atoms with Gasteiger partial charge >= 0.3 is 16.3 Å². The Morgan fingerprint density at radius 1 is 1.21 bits per heavy atom. The summed E-state index contributed by atoms with van der Waals surface area (Å²) in [6.07, 6.45) is 2.22. The van der Waals surface area contributed by atoms with Crippen molar-refractivity contribution in [3.63, 3.8) is 0 Å². The van der Waals surface area contributed by atoms with Crippen LogP contribution in [0.1, 0.15) is 19.4 Å². The first kappa shape index (κ1) is 22.2. The lowest BCUT2D eigenvalue weighted by Gasteiger charge is -2.21. The molecule has 0 fully saturated rings. The number of hydrogen-bond donors (Lipinski definition) is 0. The van der Waals surface area contributed by atoms with E-state index in [-0.39, 0.29) is 6.61 Å². The van der Waals surface area contributed by atoms with Crippen LogP contribution in [0.25, 0.3) is 10.9 Å². The summed E-state index contributed by atoms with van der Waals surface area (Å²) < 4.78 is 42.0. The maximum Gasteiger partial charge on any atom is 0.366 e. The van der Waals surface area contributed by atoms with Crippen molar-refractivity contribution < 1.29 is 26.9 Å². The Hall–Kier alpha value is -2.10. The van der Waals surface area contributed by atoms with Gasteiger partial charge in [-0.3, -0.25) is 8.98 Å². The average Bonchev–Trinajstić information content (AvgIpc) is 3.02. The molecule has 0 unspecified atom stereocenters. The highest BCUT2D eigenvalue weighted by Gasteiger charge is 2.32. The van der Waals surface area contributed by atoms with Crippen molar-refractivity contribution in [3.8, 4) is 5.75 Å². The zero-order valence-corrected chi connectivity index (χ0v) is 18.0. The topological polar surface area (TPSA) is 87.1 Å². The molecule has 0 radical (unpaired) electrons. The van der Waals surface area contributed by atoms with Gasteiger partial charge in [-0.1, -0.05) is 0 Å². The highest BCUT2D eigenvalue weighted by molar-refractivity contribution is 7.85. The van der Waals surface area contributed by atoms with E-state index in [1.54, 1.807) is 39.3 Å². The molecule has 2 rings (SSSR count). The molecule has 8 nitrogen and oxygen atoms in total. The normalized spacial score (nSPS) is 12.5. The second kappa shape index (κ2) is 8.50. The molecule has 28 heavy (non-hydrogen) atoms. The molecule has 1 aromatic carbocycles. The number of likely N-dealkylation sites (N-methyl/N-ethyl adjacent to an activating group) is 1. The fourth-order valence-electron chi connectivity index (χ4n) is 2.71. The molecule has 0 aliphatic rings. The Labute approximate surface area is 166 Å². The van der Waals surface area contributed by atoms with Gasteiger partial charge in [-0.05, 0) is 58.1 Å². The number of fused-ring (bicyclic) bond motifs is 1. The monoisotopic (exact) mass is 412 g/mol. The van der Waals surface area contributed by atoms with Gasteiger partial charge in [0.05, 0.1) is 31.8 Å². The van der Waals surface area contributed by atoms with Crippen molar-refractivity contribution in [3.05, 3.63) is 30.0 Å². The van der Waals surface area contributed by atoms with E-state index in [1.807, 2.05) is 25.1 Å². The van der Waals surface area contributed by atoms with Gasteiger partial charge < -0.3 is 14.4 Å². The molecule has 0 spiro atoms. The van der Waals surface area contributed by atoms with Crippen LogP contribution in [0, 0.1) is 5.41 Å². The van der Waals surface area contributed by atoms with Gasteiger partial charge in [-0.2, -0.15) is 8.42 Å². The highest BCUT2D eigenvalue weighted by atomic mass is 32.2. The van der Waals surface area contributed by atoms with Gasteiger partial charge in [0.15, 0.2) is 0 Å². The summed E-state index contributed by atoms with van der Waals surface area (Å²) in [6.45, 7) is 3.56. The van der Waals surface area contributed by atoms with E-state index in [4.69, 9.17) is 13.7 Å². The van der Waals surface area contributed by atoms with Gasteiger partial charge in [0.25, 0.3) is 0 Å². The van der Waals surface area contributed by atoms with Gasteiger partial charge in [0.1, 0.15) is 5.75 Å². The molecular weight excluding hydrogens is 384 g/mol. The third-order valence-corrected chi connectivity index (χ3v) is 5.64. The summed E-state index contributed by atoms with van der Waals surface area (Å²) in [5.41, 5.74) is 0.259. The Kier molecular flexibility index (Phi) is 6.74. The standard InChI is InChI=1S/C19H28N2O6S/c1-19(2,18(22)26-6)13-27-28(23,24)21-12-14(9-10-20(3)4)16-11-15(25-5)7-8-17(16)21/h7-8,11-12H,9-10,13H2,1-6H3.